The van der Waals surface area contributed by atoms with Crippen LogP contribution in [0.4, 0.5) is 0 Å². The lowest BCUT2D eigenvalue weighted by Gasteiger charge is -2.05. The maximum Gasteiger partial charge on any atom is 0.227 e. The lowest BCUT2D eigenvalue weighted by Crippen LogP contribution is -2.25. The summed E-state index contributed by atoms with van der Waals surface area (Å²) in [6.45, 7) is 0. The van der Waals surface area contributed by atoms with Crippen LogP contribution in [0.15, 0.2) is 30.5 Å². The number of ether oxygens (including phenoxy) is 1. The van der Waals surface area contributed by atoms with Gasteiger partial charge in [-0.05, 0) is 12.1 Å². The number of rotatable bonds is 1. The third-order valence-electron chi connectivity index (χ3n) is 2.04. The van der Waals surface area contributed by atoms with Gasteiger partial charge < -0.3 is 9.94 Å². The summed E-state index contributed by atoms with van der Waals surface area (Å²) in [5, 5.41) is 12.7. The summed E-state index contributed by atoms with van der Waals surface area (Å²) in [7, 11) is 1.52. The number of aromatic nitrogens is 1. The van der Waals surface area contributed by atoms with Crippen molar-refractivity contribution in [3.63, 3.8) is 0 Å². The number of pyridine rings is 1. The molecule has 0 aliphatic heterocycles. The van der Waals surface area contributed by atoms with Crippen LogP contribution in [0.3, 0.4) is 0 Å². The van der Waals surface area contributed by atoms with E-state index < -0.39 is 0 Å². The van der Waals surface area contributed by atoms with E-state index in [2.05, 4.69) is 0 Å². The second-order valence-electron chi connectivity index (χ2n) is 2.88. The number of nitrogens with zero attached hydrogens (tertiary/aromatic N) is 1. The SMILES string of the molecule is COc1cc2c(ccc[n+]2[O-])cc1Cl. The van der Waals surface area contributed by atoms with Crippen molar-refractivity contribution in [3.05, 3.63) is 40.7 Å². The van der Waals surface area contributed by atoms with Crippen molar-refractivity contribution < 1.29 is 9.47 Å². The minimum absolute atomic E-state index is 0.506. The highest BCUT2D eigenvalue weighted by atomic mass is 35.5. The standard InChI is InChI=1S/C10H8ClNO2/c1-14-10-6-9-7(5-8(10)11)3-2-4-12(9)13/h2-6H,1H3. The van der Waals surface area contributed by atoms with Crippen LogP contribution in [0.2, 0.25) is 5.02 Å². The van der Waals surface area contributed by atoms with E-state index in [1.165, 1.54) is 13.3 Å². The molecule has 0 bridgehead atoms. The number of methoxy groups -OCH3 is 1. The van der Waals surface area contributed by atoms with Crippen molar-refractivity contribution in [2.24, 2.45) is 0 Å². The first-order chi connectivity index (χ1) is 6.72. The zero-order valence-corrected chi connectivity index (χ0v) is 8.28. The Morgan fingerprint density at radius 3 is 2.93 bits per heavy atom. The Balaban J connectivity index is 2.80. The summed E-state index contributed by atoms with van der Waals surface area (Å²) >= 11 is 5.92. The maximum absolute atomic E-state index is 11.4. The molecule has 1 aromatic carbocycles. The first-order valence-corrected chi connectivity index (χ1v) is 4.45. The zero-order valence-electron chi connectivity index (χ0n) is 7.53. The van der Waals surface area contributed by atoms with Gasteiger partial charge >= 0.3 is 0 Å². The molecular formula is C10H8ClNO2. The fourth-order valence-electron chi connectivity index (χ4n) is 1.34. The molecule has 0 saturated carbocycles. The van der Waals surface area contributed by atoms with E-state index in [-0.39, 0.29) is 0 Å². The number of halogens is 1. The Hall–Kier alpha value is -1.48. The lowest BCUT2D eigenvalue weighted by atomic mass is 10.2. The van der Waals surface area contributed by atoms with Gasteiger partial charge in [0.1, 0.15) is 5.75 Å². The van der Waals surface area contributed by atoms with Gasteiger partial charge in [0, 0.05) is 11.5 Å². The minimum Gasteiger partial charge on any atom is -0.618 e. The molecule has 2 rings (SSSR count). The molecule has 0 radical (unpaired) electrons. The topological polar surface area (TPSA) is 36.2 Å². The second-order valence-corrected chi connectivity index (χ2v) is 3.29. The first-order valence-electron chi connectivity index (χ1n) is 4.08. The summed E-state index contributed by atoms with van der Waals surface area (Å²) in [6.07, 6.45) is 1.44. The van der Waals surface area contributed by atoms with E-state index in [0.29, 0.717) is 16.3 Å². The van der Waals surface area contributed by atoms with Crippen molar-refractivity contribution in [1.29, 1.82) is 0 Å². The van der Waals surface area contributed by atoms with Gasteiger partial charge in [-0.3, -0.25) is 0 Å². The highest BCUT2D eigenvalue weighted by molar-refractivity contribution is 6.32. The second kappa shape index (κ2) is 3.35. The van der Waals surface area contributed by atoms with Crippen molar-refractivity contribution in [3.8, 4) is 5.75 Å². The zero-order chi connectivity index (χ0) is 10.1. The Kier molecular flexibility index (Phi) is 2.17. The van der Waals surface area contributed by atoms with E-state index in [9.17, 15) is 5.21 Å². The number of fused-ring (bicyclic) bond motifs is 1. The third-order valence-corrected chi connectivity index (χ3v) is 2.33. The monoisotopic (exact) mass is 209 g/mol. The highest BCUT2D eigenvalue weighted by Gasteiger charge is 2.08. The molecule has 1 aromatic heterocycles. The average molecular weight is 210 g/mol. The molecule has 14 heavy (non-hydrogen) atoms. The van der Waals surface area contributed by atoms with E-state index in [0.717, 1.165) is 10.1 Å². The summed E-state index contributed by atoms with van der Waals surface area (Å²) in [4.78, 5) is 0. The predicted octanol–water partition coefficient (Wildman–Crippen LogP) is 2.14. The normalized spacial score (nSPS) is 10.4. The number of benzene rings is 1. The van der Waals surface area contributed by atoms with Crippen molar-refractivity contribution in [2.45, 2.75) is 0 Å². The quantitative estimate of drug-likeness (QED) is 0.533. The van der Waals surface area contributed by atoms with Gasteiger partial charge in [0.25, 0.3) is 0 Å². The van der Waals surface area contributed by atoms with Gasteiger partial charge in [-0.15, -0.1) is 0 Å². The van der Waals surface area contributed by atoms with Crippen molar-refractivity contribution >= 4 is 22.5 Å². The van der Waals surface area contributed by atoms with Crippen LogP contribution < -0.4 is 9.47 Å². The number of hydrogen-bond acceptors (Lipinski definition) is 2. The third kappa shape index (κ3) is 1.36. The lowest BCUT2D eigenvalue weighted by molar-refractivity contribution is -0.577. The molecule has 0 atom stereocenters. The van der Waals surface area contributed by atoms with Gasteiger partial charge in [-0.2, -0.15) is 4.73 Å². The van der Waals surface area contributed by atoms with Crippen LogP contribution >= 0.6 is 11.6 Å². The first kappa shape index (κ1) is 9.09. The van der Waals surface area contributed by atoms with E-state index >= 15 is 0 Å². The van der Waals surface area contributed by atoms with Gasteiger partial charge in [-0.1, -0.05) is 11.6 Å². The molecule has 72 valence electrons. The Labute approximate surface area is 86.1 Å². The summed E-state index contributed by atoms with van der Waals surface area (Å²) in [5.41, 5.74) is 0.550. The molecule has 0 N–H and O–H groups in total. The van der Waals surface area contributed by atoms with E-state index in [4.69, 9.17) is 16.3 Å². The van der Waals surface area contributed by atoms with Crippen LogP contribution in [0.5, 0.6) is 5.75 Å². The van der Waals surface area contributed by atoms with Gasteiger partial charge in [-0.25, -0.2) is 0 Å². The van der Waals surface area contributed by atoms with Crippen LogP contribution in [0, 0.1) is 5.21 Å². The highest BCUT2D eigenvalue weighted by Crippen LogP contribution is 2.27. The molecule has 0 saturated heterocycles. The van der Waals surface area contributed by atoms with Gasteiger partial charge in [0.05, 0.1) is 18.2 Å². The van der Waals surface area contributed by atoms with E-state index in [1.54, 1.807) is 18.2 Å². The molecule has 0 aliphatic carbocycles. The Bertz CT molecular complexity index is 485. The molecule has 4 heteroatoms. The van der Waals surface area contributed by atoms with Crippen LogP contribution in [0.25, 0.3) is 10.9 Å². The van der Waals surface area contributed by atoms with Crippen molar-refractivity contribution in [1.82, 2.24) is 0 Å². The molecule has 0 aliphatic rings. The summed E-state index contributed by atoms with van der Waals surface area (Å²) in [6, 6.07) is 6.85. The molecule has 0 fully saturated rings. The van der Waals surface area contributed by atoms with E-state index in [1.807, 2.05) is 6.07 Å². The fourth-order valence-corrected chi connectivity index (χ4v) is 1.59. The predicted molar refractivity (Wildman–Crippen MR) is 54.5 cm³/mol. The molecule has 3 nitrogen and oxygen atoms in total. The fraction of sp³-hybridized carbons (Fsp3) is 0.100. The molecule has 1 heterocycles. The Morgan fingerprint density at radius 2 is 2.21 bits per heavy atom. The molecular weight excluding hydrogens is 202 g/mol. The maximum atomic E-state index is 11.4. The molecule has 0 unspecified atom stereocenters. The molecule has 2 aromatic rings. The minimum atomic E-state index is 0.506. The summed E-state index contributed by atoms with van der Waals surface area (Å²) in [5.74, 6) is 0.509. The molecule has 0 amide bonds. The van der Waals surface area contributed by atoms with Crippen LogP contribution in [-0.2, 0) is 0 Å². The van der Waals surface area contributed by atoms with Crippen molar-refractivity contribution in [2.75, 3.05) is 7.11 Å². The Morgan fingerprint density at radius 1 is 1.43 bits per heavy atom. The van der Waals surface area contributed by atoms with Gasteiger partial charge in [0.15, 0.2) is 6.20 Å². The number of hydrogen-bond donors (Lipinski definition) is 0. The smallest absolute Gasteiger partial charge is 0.227 e. The van der Waals surface area contributed by atoms with Crippen LogP contribution in [-0.4, -0.2) is 7.11 Å². The van der Waals surface area contributed by atoms with Gasteiger partial charge in [0.2, 0.25) is 5.52 Å². The average Bonchev–Trinajstić information content (AvgIpc) is 2.17. The molecule has 0 spiro atoms. The van der Waals surface area contributed by atoms with Crippen LogP contribution in [0.1, 0.15) is 0 Å². The largest absolute Gasteiger partial charge is 0.618 e. The summed E-state index contributed by atoms with van der Waals surface area (Å²) < 4.78 is 5.81.